The van der Waals surface area contributed by atoms with Crippen LogP contribution in [-0.4, -0.2) is 59.5 Å². The maximum absolute atomic E-state index is 12.8. The van der Waals surface area contributed by atoms with E-state index in [4.69, 9.17) is 4.74 Å². The highest BCUT2D eigenvalue weighted by Gasteiger charge is 2.27. The van der Waals surface area contributed by atoms with E-state index in [0.717, 1.165) is 9.87 Å². The van der Waals surface area contributed by atoms with Crippen LogP contribution in [0.5, 0.6) is 5.75 Å². The number of fused-ring (bicyclic) bond motifs is 2. The molecule has 4 rings (SSSR count). The minimum Gasteiger partial charge on any atom is -0.486 e. The smallest absolute Gasteiger partial charge is 0.338 e. The Labute approximate surface area is 190 Å². The molecule has 0 bridgehead atoms. The van der Waals surface area contributed by atoms with Crippen LogP contribution in [0.3, 0.4) is 0 Å². The van der Waals surface area contributed by atoms with Gasteiger partial charge in [-0.2, -0.15) is 0 Å². The SMILES string of the molecule is C=CCOc1c(S(=O)(=O)N(C)C)ccc2[nH]c(-c3nc4ccc(C)cc4cc3C(=O)O)nc12. The summed E-state index contributed by atoms with van der Waals surface area (Å²) in [6.07, 6.45) is 1.49. The van der Waals surface area contributed by atoms with E-state index in [0.29, 0.717) is 16.4 Å². The molecule has 4 aromatic rings. The van der Waals surface area contributed by atoms with Gasteiger partial charge in [0, 0.05) is 19.5 Å². The van der Waals surface area contributed by atoms with Gasteiger partial charge in [0.25, 0.3) is 0 Å². The molecule has 0 atom stereocenters. The summed E-state index contributed by atoms with van der Waals surface area (Å²) >= 11 is 0. The zero-order valence-corrected chi connectivity index (χ0v) is 19.1. The molecule has 0 fully saturated rings. The highest BCUT2D eigenvalue weighted by Crippen LogP contribution is 2.35. The van der Waals surface area contributed by atoms with E-state index >= 15 is 0 Å². The first kappa shape index (κ1) is 22.4. The number of ether oxygens (including phenoxy) is 1. The Hall–Kier alpha value is -3.76. The maximum Gasteiger partial charge on any atom is 0.338 e. The van der Waals surface area contributed by atoms with Crippen LogP contribution < -0.4 is 4.74 Å². The molecular formula is C23H22N4O5S. The van der Waals surface area contributed by atoms with Gasteiger partial charge in [-0.05, 0) is 37.3 Å². The third-order valence-electron chi connectivity index (χ3n) is 5.10. The predicted octanol–water partition coefficient (Wildman–Crippen LogP) is 3.60. The first-order valence-electron chi connectivity index (χ1n) is 9.97. The Bertz CT molecular complexity index is 1520. The second kappa shape index (κ2) is 8.30. The molecule has 170 valence electrons. The second-order valence-corrected chi connectivity index (χ2v) is 9.77. The van der Waals surface area contributed by atoms with E-state index in [-0.39, 0.29) is 39.9 Å². The predicted molar refractivity (Wildman–Crippen MR) is 125 cm³/mol. The fourth-order valence-corrected chi connectivity index (χ4v) is 4.49. The second-order valence-electron chi connectivity index (χ2n) is 7.65. The molecular weight excluding hydrogens is 444 g/mol. The van der Waals surface area contributed by atoms with Gasteiger partial charge in [0.2, 0.25) is 10.0 Å². The molecule has 0 spiro atoms. The summed E-state index contributed by atoms with van der Waals surface area (Å²) in [6, 6.07) is 10.1. The number of hydrogen-bond donors (Lipinski definition) is 2. The zero-order chi connectivity index (χ0) is 23.9. The van der Waals surface area contributed by atoms with E-state index in [1.54, 1.807) is 12.1 Å². The van der Waals surface area contributed by atoms with Crippen molar-refractivity contribution in [1.82, 2.24) is 19.3 Å². The van der Waals surface area contributed by atoms with E-state index < -0.39 is 16.0 Å². The van der Waals surface area contributed by atoms with Gasteiger partial charge in [-0.25, -0.2) is 27.5 Å². The van der Waals surface area contributed by atoms with Crippen molar-refractivity contribution in [2.24, 2.45) is 0 Å². The molecule has 0 saturated carbocycles. The number of carboxylic acid groups (broad SMARTS) is 1. The van der Waals surface area contributed by atoms with Gasteiger partial charge < -0.3 is 14.8 Å². The molecule has 0 aliphatic rings. The van der Waals surface area contributed by atoms with Crippen molar-refractivity contribution in [3.05, 3.63) is 60.2 Å². The van der Waals surface area contributed by atoms with Crippen LogP contribution in [0.25, 0.3) is 33.5 Å². The lowest BCUT2D eigenvalue weighted by Crippen LogP contribution is -2.23. The molecule has 0 unspecified atom stereocenters. The standard InChI is InChI=1S/C23H22N4O5S/c1-5-10-32-21-18(33(30,31)27(3)4)9-8-17-20(21)26-22(25-17)19-15(23(28)29)12-14-11-13(2)6-7-16(14)24-19/h5-9,11-12H,1,10H2,2-4H3,(H,25,26)(H,28,29). The lowest BCUT2D eigenvalue weighted by molar-refractivity contribution is 0.0697. The minimum atomic E-state index is -3.83. The number of aromatic nitrogens is 3. The molecule has 33 heavy (non-hydrogen) atoms. The van der Waals surface area contributed by atoms with Crippen molar-refractivity contribution in [3.63, 3.8) is 0 Å². The molecule has 0 radical (unpaired) electrons. The van der Waals surface area contributed by atoms with Gasteiger partial charge >= 0.3 is 5.97 Å². The van der Waals surface area contributed by atoms with Crippen LogP contribution in [0, 0.1) is 6.92 Å². The number of aromatic amines is 1. The van der Waals surface area contributed by atoms with Crippen molar-refractivity contribution >= 4 is 37.9 Å². The lowest BCUT2D eigenvalue weighted by Gasteiger charge is -2.15. The van der Waals surface area contributed by atoms with Crippen molar-refractivity contribution in [1.29, 1.82) is 0 Å². The van der Waals surface area contributed by atoms with Gasteiger partial charge in [0.05, 0.1) is 16.6 Å². The number of hydrogen-bond acceptors (Lipinski definition) is 6. The van der Waals surface area contributed by atoms with Crippen molar-refractivity contribution in [3.8, 4) is 17.3 Å². The van der Waals surface area contributed by atoms with E-state index in [1.165, 1.54) is 26.2 Å². The van der Waals surface area contributed by atoms with Crippen molar-refractivity contribution in [2.75, 3.05) is 20.7 Å². The summed E-state index contributed by atoms with van der Waals surface area (Å²) in [5.41, 5.74) is 2.43. The highest BCUT2D eigenvalue weighted by molar-refractivity contribution is 7.89. The fraction of sp³-hybridized carbons (Fsp3) is 0.174. The van der Waals surface area contributed by atoms with Gasteiger partial charge in [-0.1, -0.05) is 24.3 Å². The van der Waals surface area contributed by atoms with Gasteiger partial charge in [-0.3, -0.25) is 0 Å². The topological polar surface area (TPSA) is 125 Å². The normalized spacial score (nSPS) is 11.9. The van der Waals surface area contributed by atoms with Gasteiger partial charge in [0.15, 0.2) is 11.6 Å². The molecule has 2 N–H and O–H groups in total. The van der Waals surface area contributed by atoms with Crippen LogP contribution in [0.4, 0.5) is 0 Å². The van der Waals surface area contributed by atoms with Gasteiger partial charge in [-0.15, -0.1) is 0 Å². The average Bonchev–Trinajstić information content (AvgIpc) is 3.20. The number of H-pyrrole nitrogens is 1. The number of rotatable bonds is 7. The van der Waals surface area contributed by atoms with Crippen LogP contribution in [-0.2, 0) is 10.0 Å². The third kappa shape index (κ3) is 3.94. The molecule has 2 heterocycles. The number of nitrogens with zero attached hydrogens (tertiary/aromatic N) is 3. The number of benzene rings is 2. The summed E-state index contributed by atoms with van der Waals surface area (Å²) in [5, 5.41) is 10.5. The van der Waals surface area contributed by atoms with E-state index in [2.05, 4.69) is 21.5 Å². The first-order valence-corrected chi connectivity index (χ1v) is 11.4. The van der Waals surface area contributed by atoms with Crippen molar-refractivity contribution in [2.45, 2.75) is 11.8 Å². The molecule has 0 aliphatic heterocycles. The largest absolute Gasteiger partial charge is 0.486 e. The number of aryl methyl sites for hydroxylation is 1. The maximum atomic E-state index is 12.8. The van der Waals surface area contributed by atoms with Crippen LogP contribution in [0.2, 0.25) is 0 Å². The number of aromatic carboxylic acids is 1. The molecule has 2 aromatic carbocycles. The van der Waals surface area contributed by atoms with Crippen molar-refractivity contribution < 1.29 is 23.1 Å². The summed E-state index contributed by atoms with van der Waals surface area (Å²) in [4.78, 5) is 24.1. The first-order chi connectivity index (χ1) is 15.6. The molecule has 0 aliphatic carbocycles. The molecule has 10 heteroatoms. The minimum absolute atomic E-state index is 0.0261. The summed E-state index contributed by atoms with van der Waals surface area (Å²) < 4.78 is 32.5. The van der Waals surface area contributed by atoms with E-state index in [9.17, 15) is 18.3 Å². The number of sulfonamides is 1. The zero-order valence-electron chi connectivity index (χ0n) is 18.3. The van der Waals surface area contributed by atoms with Crippen LogP contribution >= 0.6 is 0 Å². The van der Waals surface area contributed by atoms with E-state index in [1.807, 2.05) is 25.1 Å². The molecule has 2 aromatic heterocycles. The van der Waals surface area contributed by atoms with Crippen LogP contribution in [0.1, 0.15) is 15.9 Å². The summed E-state index contributed by atoms with van der Waals surface area (Å²) in [6.45, 7) is 5.59. The fourth-order valence-electron chi connectivity index (χ4n) is 3.46. The van der Waals surface area contributed by atoms with Gasteiger partial charge in [0.1, 0.15) is 22.7 Å². The third-order valence-corrected chi connectivity index (χ3v) is 6.94. The Kier molecular flexibility index (Phi) is 5.64. The Morgan fingerprint density at radius 1 is 1.21 bits per heavy atom. The molecule has 0 amide bonds. The monoisotopic (exact) mass is 466 g/mol. The average molecular weight is 467 g/mol. The number of imidazole rings is 1. The highest BCUT2D eigenvalue weighted by atomic mass is 32.2. The number of carbonyl (C=O) groups is 1. The molecule has 0 saturated heterocycles. The lowest BCUT2D eigenvalue weighted by atomic mass is 10.1. The Morgan fingerprint density at radius 3 is 2.64 bits per heavy atom. The number of carboxylic acids is 1. The van der Waals surface area contributed by atoms with Crippen LogP contribution in [0.15, 0.2) is 53.9 Å². The quantitative estimate of drug-likeness (QED) is 0.399. The number of pyridine rings is 1. The summed E-state index contributed by atoms with van der Waals surface area (Å²) in [5.74, 6) is -0.912. The molecule has 9 nitrogen and oxygen atoms in total. The number of nitrogens with one attached hydrogen (secondary N) is 1. The Morgan fingerprint density at radius 2 is 1.97 bits per heavy atom. The Balaban J connectivity index is 1.99. The summed E-state index contributed by atoms with van der Waals surface area (Å²) in [7, 11) is -0.982.